The Balaban J connectivity index is 2.01. The number of carbonyl (C=O) groups excluding carboxylic acids is 1. The molecule has 0 fully saturated rings. The molecule has 1 amide bonds. The fourth-order valence-electron chi connectivity index (χ4n) is 3.41. The third-order valence-corrected chi connectivity index (χ3v) is 4.64. The van der Waals surface area contributed by atoms with Gasteiger partial charge < -0.3 is 25.0 Å². The minimum atomic E-state index is -0.126. The molecule has 6 nitrogen and oxygen atoms in total. The average Bonchev–Trinajstić information content (AvgIpc) is 2.99. The molecule has 0 saturated carbocycles. The number of nitrogens with one attached hydrogen (secondary N) is 2. The van der Waals surface area contributed by atoms with E-state index in [1.54, 1.807) is 20.3 Å². The smallest absolute Gasteiger partial charge is 0.258 e. The summed E-state index contributed by atoms with van der Waals surface area (Å²) < 4.78 is 10.8. The van der Waals surface area contributed by atoms with Gasteiger partial charge in [-0.1, -0.05) is 19.1 Å². The summed E-state index contributed by atoms with van der Waals surface area (Å²) in [6.45, 7) is 2.89. The second-order valence-corrected chi connectivity index (χ2v) is 6.98. The number of hydrogen-bond donors (Lipinski definition) is 2. The summed E-state index contributed by atoms with van der Waals surface area (Å²) in [5.74, 6) is 1.06. The van der Waals surface area contributed by atoms with Gasteiger partial charge in [-0.25, -0.2) is 0 Å². The van der Waals surface area contributed by atoms with E-state index in [0.717, 1.165) is 29.2 Å². The summed E-state index contributed by atoms with van der Waals surface area (Å²) in [5.41, 5.74) is 5.22. The summed E-state index contributed by atoms with van der Waals surface area (Å²) in [6.07, 6.45) is 0.689. The molecule has 2 aromatic rings. The molecule has 2 N–H and O–H groups in total. The van der Waals surface area contributed by atoms with Gasteiger partial charge in [-0.3, -0.25) is 4.79 Å². The first kappa shape index (κ1) is 19.8. The largest absolute Gasteiger partial charge is 0.493 e. The minimum Gasteiger partial charge on any atom is -0.493 e. The Kier molecular flexibility index (Phi) is 5.90. The van der Waals surface area contributed by atoms with E-state index in [0.29, 0.717) is 23.5 Å². The maximum Gasteiger partial charge on any atom is 0.258 e. The summed E-state index contributed by atoms with van der Waals surface area (Å²) in [7, 11) is 7.26. The van der Waals surface area contributed by atoms with Crippen molar-refractivity contribution in [1.82, 2.24) is 4.90 Å². The van der Waals surface area contributed by atoms with E-state index >= 15 is 0 Å². The molecule has 1 heterocycles. The number of hydrogen-bond acceptors (Lipinski definition) is 5. The van der Waals surface area contributed by atoms with Crippen LogP contribution in [0.3, 0.4) is 0 Å². The maximum absolute atomic E-state index is 12.7. The van der Waals surface area contributed by atoms with Gasteiger partial charge in [0.25, 0.3) is 5.91 Å². The van der Waals surface area contributed by atoms with Gasteiger partial charge in [-0.15, -0.1) is 0 Å². The third-order valence-electron chi connectivity index (χ3n) is 4.64. The minimum absolute atomic E-state index is 0.126. The fraction of sp³-hybridized carbons (Fsp3) is 0.318. The molecule has 1 aliphatic rings. The lowest BCUT2D eigenvalue weighted by molar-refractivity contribution is -0.110. The molecule has 2 aromatic carbocycles. The van der Waals surface area contributed by atoms with Gasteiger partial charge >= 0.3 is 0 Å². The number of amides is 1. The molecule has 6 heteroatoms. The van der Waals surface area contributed by atoms with Crippen LogP contribution < -0.4 is 20.1 Å². The first-order valence-electron chi connectivity index (χ1n) is 9.28. The Morgan fingerprint density at radius 2 is 1.82 bits per heavy atom. The summed E-state index contributed by atoms with van der Waals surface area (Å²) in [5, 5.41) is 6.38. The number of methoxy groups -OCH3 is 2. The van der Waals surface area contributed by atoms with Crippen molar-refractivity contribution in [2.24, 2.45) is 0 Å². The van der Waals surface area contributed by atoms with Gasteiger partial charge in [-0.2, -0.15) is 0 Å². The molecule has 3 rings (SSSR count). The van der Waals surface area contributed by atoms with Crippen molar-refractivity contribution in [3.8, 4) is 11.5 Å². The summed E-state index contributed by atoms with van der Waals surface area (Å²) >= 11 is 0. The number of carbonyl (C=O) groups is 1. The van der Waals surface area contributed by atoms with Gasteiger partial charge in [-0.05, 0) is 44.3 Å². The number of nitrogens with zero attached hydrogens (tertiary/aromatic N) is 1. The van der Waals surface area contributed by atoms with Crippen LogP contribution >= 0.6 is 0 Å². The van der Waals surface area contributed by atoms with E-state index in [9.17, 15) is 4.79 Å². The van der Waals surface area contributed by atoms with E-state index in [4.69, 9.17) is 9.47 Å². The monoisotopic (exact) mass is 381 g/mol. The Bertz CT molecular complexity index is 919. The number of anilines is 2. The first-order chi connectivity index (χ1) is 13.5. The van der Waals surface area contributed by atoms with Crippen LogP contribution in [0.2, 0.25) is 0 Å². The van der Waals surface area contributed by atoms with Crippen LogP contribution in [0.4, 0.5) is 11.4 Å². The van der Waals surface area contributed by atoms with E-state index in [1.165, 1.54) is 5.56 Å². The van der Waals surface area contributed by atoms with Crippen LogP contribution in [0.15, 0.2) is 42.1 Å². The predicted octanol–water partition coefficient (Wildman–Crippen LogP) is 3.95. The number of rotatable bonds is 7. The highest BCUT2D eigenvalue weighted by Crippen LogP contribution is 2.42. The van der Waals surface area contributed by atoms with Crippen LogP contribution in [-0.2, 0) is 11.3 Å². The molecule has 0 radical (unpaired) electrons. The Morgan fingerprint density at radius 1 is 1.11 bits per heavy atom. The quantitative estimate of drug-likeness (QED) is 0.711. The third kappa shape index (κ3) is 3.97. The second-order valence-electron chi connectivity index (χ2n) is 6.98. The van der Waals surface area contributed by atoms with Crippen molar-refractivity contribution in [2.75, 3.05) is 38.9 Å². The number of allylic oxidation sites excluding steroid dienone is 1. The number of ether oxygens (including phenoxy) is 2. The molecule has 0 bridgehead atoms. The van der Waals surface area contributed by atoms with Crippen LogP contribution in [0, 0.1) is 0 Å². The standard InChI is InChI=1S/C22H27N3O3/c1-6-17(23-15-9-7-8-14(10-15)13-25(2)3)21-16-11-19(27-4)20(28-5)12-18(16)24-22(21)26/h7-12,23H,6,13H2,1-5H3,(H,24,26)/b21-17-. The van der Waals surface area contributed by atoms with E-state index in [-0.39, 0.29) is 5.91 Å². The zero-order valence-corrected chi connectivity index (χ0v) is 17.1. The lowest BCUT2D eigenvalue weighted by Crippen LogP contribution is -2.12. The predicted molar refractivity (Wildman–Crippen MR) is 113 cm³/mol. The van der Waals surface area contributed by atoms with Crippen molar-refractivity contribution < 1.29 is 14.3 Å². The highest BCUT2D eigenvalue weighted by atomic mass is 16.5. The van der Waals surface area contributed by atoms with Gasteiger partial charge in [0.1, 0.15) is 0 Å². The van der Waals surface area contributed by atoms with Crippen molar-refractivity contribution in [3.05, 3.63) is 53.2 Å². The molecule has 0 aliphatic carbocycles. The lowest BCUT2D eigenvalue weighted by Gasteiger charge is -2.15. The molecule has 28 heavy (non-hydrogen) atoms. The molecule has 0 unspecified atom stereocenters. The molecule has 0 atom stereocenters. The van der Waals surface area contributed by atoms with Crippen molar-refractivity contribution in [3.63, 3.8) is 0 Å². The molecule has 0 aromatic heterocycles. The van der Waals surface area contributed by atoms with E-state index in [1.807, 2.05) is 39.2 Å². The highest BCUT2D eigenvalue weighted by Gasteiger charge is 2.29. The fourth-order valence-corrected chi connectivity index (χ4v) is 3.41. The summed E-state index contributed by atoms with van der Waals surface area (Å²) in [6, 6.07) is 11.9. The zero-order valence-electron chi connectivity index (χ0n) is 17.1. The van der Waals surface area contributed by atoms with Crippen LogP contribution in [-0.4, -0.2) is 39.1 Å². The summed E-state index contributed by atoms with van der Waals surface area (Å²) in [4.78, 5) is 14.9. The van der Waals surface area contributed by atoms with Gasteiger partial charge in [0.15, 0.2) is 11.5 Å². The van der Waals surface area contributed by atoms with E-state index in [2.05, 4.69) is 27.7 Å². The average molecular weight is 381 g/mol. The van der Waals surface area contributed by atoms with Crippen LogP contribution in [0.5, 0.6) is 11.5 Å². The molecular formula is C22H27N3O3. The second kappa shape index (κ2) is 8.35. The van der Waals surface area contributed by atoms with Gasteiger partial charge in [0.2, 0.25) is 0 Å². The SMILES string of the molecule is CC/C(Nc1cccc(CN(C)C)c1)=C1/C(=O)Nc2cc(OC)c(OC)cc21. The van der Waals surface area contributed by atoms with Crippen LogP contribution in [0.1, 0.15) is 24.5 Å². The molecular weight excluding hydrogens is 354 g/mol. The number of fused-ring (bicyclic) bond motifs is 1. The lowest BCUT2D eigenvalue weighted by atomic mass is 10.0. The van der Waals surface area contributed by atoms with Gasteiger partial charge in [0.05, 0.1) is 25.5 Å². The van der Waals surface area contributed by atoms with Crippen molar-refractivity contribution in [1.29, 1.82) is 0 Å². The molecule has 0 saturated heterocycles. The number of benzene rings is 2. The maximum atomic E-state index is 12.7. The molecule has 0 spiro atoms. The molecule has 148 valence electrons. The Morgan fingerprint density at radius 3 is 2.46 bits per heavy atom. The topological polar surface area (TPSA) is 62.8 Å². The Labute approximate surface area is 166 Å². The highest BCUT2D eigenvalue weighted by molar-refractivity contribution is 6.32. The normalized spacial score (nSPS) is 14.6. The van der Waals surface area contributed by atoms with Crippen LogP contribution in [0.25, 0.3) is 5.57 Å². The van der Waals surface area contributed by atoms with Gasteiger partial charge in [0, 0.05) is 29.6 Å². The first-order valence-corrected chi connectivity index (χ1v) is 9.28. The van der Waals surface area contributed by atoms with E-state index < -0.39 is 0 Å². The van der Waals surface area contributed by atoms with Crippen molar-refractivity contribution in [2.45, 2.75) is 19.9 Å². The van der Waals surface area contributed by atoms with Crippen molar-refractivity contribution >= 4 is 22.9 Å². The zero-order chi connectivity index (χ0) is 20.3. The molecule has 1 aliphatic heterocycles. The Hall–Kier alpha value is -2.99.